The van der Waals surface area contributed by atoms with Crippen LogP contribution in [0.2, 0.25) is 0 Å². The fourth-order valence-electron chi connectivity index (χ4n) is 3.26. The maximum Gasteiger partial charge on any atom is 0.297 e. The summed E-state index contributed by atoms with van der Waals surface area (Å²) in [4.78, 5) is 22.1. The Labute approximate surface area is 164 Å². The third-order valence-corrected chi connectivity index (χ3v) is 4.82. The Hall–Kier alpha value is -3.56. The highest BCUT2D eigenvalue weighted by Crippen LogP contribution is 2.29. The van der Waals surface area contributed by atoms with Gasteiger partial charge in [0.1, 0.15) is 12.0 Å². The van der Waals surface area contributed by atoms with Crippen molar-refractivity contribution < 1.29 is 18.0 Å². The molecule has 1 N–H and O–H groups in total. The lowest BCUT2D eigenvalue weighted by Gasteiger charge is -2.28. The van der Waals surface area contributed by atoms with Crippen LogP contribution in [0, 0.1) is 11.6 Å². The molecule has 1 aliphatic rings. The zero-order chi connectivity index (χ0) is 20.5. The van der Waals surface area contributed by atoms with Crippen molar-refractivity contribution in [3.05, 3.63) is 59.5 Å². The second-order valence-electron chi connectivity index (χ2n) is 6.72. The largest absolute Gasteiger partial charge is 0.432 e. The van der Waals surface area contributed by atoms with Crippen molar-refractivity contribution in [3.63, 3.8) is 0 Å². The number of amides is 1. The Bertz CT molecular complexity index is 1070. The van der Waals surface area contributed by atoms with E-state index >= 15 is 0 Å². The maximum atomic E-state index is 13.8. The number of nitrogens with one attached hydrogen (secondary N) is 1. The Morgan fingerprint density at radius 2 is 2.03 bits per heavy atom. The summed E-state index contributed by atoms with van der Waals surface area (Å²) < 4.78 is 34.5. The van der Waals surface area contributed by atoms with Crippen LogP contribution in [0.4, 0.5) is 20.5 Å². The predicted octanol–water partition coefficient (Wildman–Crippen LogP) is 3.02. The van der Waals surface area contributed by atoms with E-state index < -0.39 is 23.2 Å². The van der Waals surface area contributed by atoms with Gasteiger partial charge in [-0.2, -0.15) is 5.10 Å². The fourth-order valence-corrected chi connectivity index (χ4v) is 3.26. The lowest BCUT2D eigenvalue weighted by atomic mass is 9.98. The van der Waals surface area contributed by atoms with Crippen molar-refractivity contribution in [1.29, 1.82) is 0 Å². The number of halogens is 2. The molecule has 0 fully saturated rings. The van der Waals surface area contributed by atoms with E-state index in [9.17, 15) is 13.6 Å². The number of nitrogens with zero attached hydrogens (tertiary/aromatic N) is 5. The molecular formula is C19H18F2N6O2. The molecule has 1 amide bonds. The summed E-state index contributed by atoms with van der Waals surface area (Å²) in [6, 6.07) is 2.13. The number of aromatic nitrogens is 4. The van der Waals surface area contributed by atoms with Crippen molar-refractivity contribution in [2.24, 2.45) is 7.05 Å². The lowest BCUT2D eigenvalue weighted by Crippen LogP contribution is -2.31. The number of pyridine rings is 1. The number of rotatable bonds is 4. The van der Waals surface area contributed by atoms with Crippen LogP contribution >= 0.6 is 0 Å². The molecule has 0 bridgehead atoms. The zero-order valence-corrected chi connectivity index (χ0v) is 15.8. The molecule has 150 valence electrons. The molecule has 3 aromatic rings. The van der Waals surface area contributed by atoms with Gasteiger partial charge in [0, 0.05) is 20.1 Å². The minimum Gasteiger partial charge on any atom is -0.432 e. The van der Waals surface area contributed by atoms with Crippen LogP contribution in [0.3, 0.4) is 0 Å². The zero-order valence-electron chi connectivity index (χ0n) is 15.8. The molecular weight excluding hydrogens is 382 g/mol. The molecule has 0 unspecified atom stereocenters. The maximum absolute atomic E-state index is 13.8. The van der Waals surface area contributed by atoms with Crippen molar-refractivity contribution in [2.45, 2.75) is 13.3 Å². The minimum absolute atomic E-state index is 0.0478. The second-order valence-corrected chi connectivity index (χ2v) is 6.72. The summed E-state index contributed by atoms with van der Waals surface area (Å²) in [5.41, 5.74) is 2.38. The van der Waals surface area contributed by atoms with Gasteiger partial charge >= 0.3 is 0 Å². The first-order valence-electron chi connectivity index (χ1n) is 8.92. The van der Waals surface area contributed by atoms with E-state index in [2.05, 4.69) is 20.4 Å². The molecule has 0 radical (unpaired) electrons. The SMILES string of the molecule is CC1=C(c2cc(C(=O)Nc3c(F)cncc3F)nn2C)CN(c2ncco2)CC1. The van der Waals surface area contributed by atoms with Gasteiger partial charge in [0.2, 0.25) is 0 Å². The Morgan fingerprint density at radius 3 is 2.72 bits per heavy atom. The summed E-state index contributed by atoms with van der Waals surface area (Å²) in [6.07, 6.45) is 5.57. The van der Waals surface area contributed by atoms with Gasteiger partial charge in [-0.3, -0.25) is 14.5 Å². The molecule has 0 saturated heterocycles. The van der Waals surface area contributed by atoms with E-state index in [4.69, 9.17) is 4.42 Å². The normalized spacial score (nSPS) is 14.4. The van der Waals surface area contributed by atoms with Gasteiger partial charge < -0.3 is 14.6 Å². The predicted molar refractivity (Wildman–Crippen MR) is 101 cm³/mol. The Kier molecular flexibility index (Phi) is 4.83. The summed E-state index contributed by atoms with van der Waals surface area (Å²) >= 11 is 0. The minimum atomic E-state index is -0.957. The van der Waals surface area contributed by atoms with E-state index in [1.807, 2.05) is 11.8 Å². The van der Waals surface area contributed by atoms with Crippen LogP contribution < -0.4 is 10.2 Å². The average Bonchev–Trinajstić information content (AvgIpc) is 3.35. The van der Waals surface area contributed by atoms with Crippen molar-refractivity contribution in [3.8, 4) is 0 Å². The standard InChI is InChI=1S/C19H18F2N6O2/c1-11-3-5-27(19-23-4-6-29-19)10-12(11)16-7-15(25-26(16)2)18(28)24-17-13(20)8-22-9-14(17)21/h4,6-9H,3,5,10H2,1-2H3,(H,22,24,28). The van der Waals surface area contributed by atoms with E-state index in [1.165, 1.54) is 6.26 Å². The van der Waals surface area contributed by atoms with Gasteiger partial charge in [0.15, 0.2) is 17.3 Å². The van der Waals surface area contributed by atoms with Crippen molar-refractivity contribution >= 4 is 23.2 Å². The molecule has 0 atom stereocenters. The molecule has 10 heteroatoms. The quantitative estimate of drug-likeness (QED) is 0.724. The second kappa shape index (κ2) is 7.46. The molecule has 0 aromatic carbocycles. The number of anilines is 2. The lowest BCUT2D eigenvalue weighted by molar-refractivity contribution is 0.102. The molecule has 29 heavy (non-hydrogen) atoms. The Balaban J connectivity index is 1.60. The van der Waals surface area contributed by atoms with Gasteiger partial charge in [0.05, 0.1) is 24.3 Å². The number of carbonyl (C=O) groups excluding carboxylic acids is 1. The van der Waals surface area contributed by atoms with E-state index in [-0.39, 0.29) is 5.69 Å². The molecule has 0 spiro atoms. The van der Waals surface area contributed by atoms with Gasteiger partial charge in [-0.05, 0) is 25.0 Å². The topological polar surface area (TPSA) is 89.1 Å². The third kappa shape index (κ3) is 3.60. The van der Waals surface area contributed by atoms with Crippen LogP contribution in [-0.2, 0) is 7.05 Å². The summed E-state index contributed by atoms with van der Waals surface area (Å²) in [6.45, 7) is 3.33. The number of hydrogen-bond acceptors (Lipinski definition) is 6. The fraction of sp³-hybridized carbons (Fsp3) is 0.263. The molecule has 1 aliphatic heterocycles. The highest BCUT2D eigenvalue weighted by atomic mass is 19.1. The van der Waals surface area contributed by atoms with E-state index in [1.54, 1.807) is 24.0 Å². The van der Waals surface area contributed by atoms with E-state index in [0.717, 1.165) is 42.2 Å². The van der Waals surface area contributed by atoms with Gasteiger partial charge in [0.25, 0.3) is 11.9 Å². The summed E-state index contributed by atoms with van der Waals surface area (Å²) in [5.74, 6) is -2.63. The van der Waals surface area contributed by atoms with Crippen LogP contribution in [-0.4, -0.2) is 38.7 Å². The number of oxazole rings is 1. The number of carbonyl (C=O) groups is 1. The molecule has 4 heterocycles. The van der Waals surface area contributed by atoms with Crippen LogP contribution in [0.25, 0.3) is 5.57 Å². The number of hydrogen-bond donors (Lipinski definition) is 1. The van der Waals surface area contributed by atoms with E-state index in [0.29, 0.717) is 12.6 Å². The van der Waals surface area contributed by atoms with Crippen LogP contribution in [0.15, 0.2) is 40.9 Å². The van der Waals surface area contributed by atoms with Crippen molar-refractivity contribution in [1.82, 2.24) is 19.7 Å². The van der Waals surface area contributed by atoms with Crippen molar-refractivity contribution in [2.75, 3.05) is 23.3 Å². The summed E-state index contributed by atoms with van der Waals surface area (Å²) in [5, 5.41) is 6.44. The highest BCUT2D eigenvalue weighted by molar-refractivity contribution is 6.03. The smallest absolute Gasteiger partial charge is 0.297 e. The first kappa shape index (κ1) is 18.8. The number of aryl methyl sites for hydroxylation is 1. The monoisotopic (exact) mass is 400 g/mol. The Morgan fingerprint density at radius 1 is 1.28 bits per heavy atom. The molecule has 3 aromatic heterocycles. The molecule has 8 nitrogen and oxygen atoms in total. The van der Waals surface area contributed by atoms with Gasteiger partial charge in [-0.1, -0.05) is 5.57 Å². The molecule has 4 rings (SSSR count). The van der Waals surface area contributed by atoms with Gasteiger partial charge in [-0.15, -0.1) is 0 Å². The first-order valence-corrected chi connectivity index (χ1v) is 8.92. The van der Waals surface area contributed by atoms with Crippen LogP contribution in [0.1, 0.15) is 29.5 Å². The van der Waals surface area contributed by atoms with Crippen LogP contribution in [0.5, 0.6) is 0 Å². The summed E-state index contributed by atoms with van der Waals surface area (Å²) in [7, 11) is 1.71. The highest BCUT2D eigenvalue weighted by Gasteiger charge is 2.25. The first-order chi connectivity index (χ1) is 13.9. The third-order valence-electron chi connectivity index (χ3n) is 4.82. The average molecular weight is 400 g/mol. The molecule has 0 saturated carbocycles. The van der Waals surface area contributed by atoms with Gasteiger partial charge in [-0.25, -0.2) is 13.8 Å². The molecule has 0 aliphatic carbocycles.